The van der Waals surface area contributed by atoms with Crippen molar-refractivity contribution < 1.29 is 12.8 Å². The van der Waals surface area contributed by atoms with Gasteiger partial charge >= 0.3 is 0 Å². The van der Waals surface area contributed by atoms with E-state index in [1.807, 2.05) is 20.8 Å². The second-order valence-electron chi connectivity index (χ2n) is 5.57. The van der Waals surface area contributed by atoms with Gasteiger partial charge in [0.1, 0.15) is 5.82 Å². The molecule has 2 N–H and O–H groups in total. The summed E-state index contributed by atoms with van der Waals surface area (Å²) in [6.45, 7) is 8.79. The number of aryl methyl sites for hydroxylation is 1. The number of benzene rings is 2. The molecule has 0 unspecified atom stereocenters. The molecule has 0 spiro atoms. The van der Waals surface area contributed by atoms with Crippen LogP contribution in [0.2, 0.25) is 0 Å². The minimum absolute atomic E-state index is 0.185. The highest BCUT2D eigenvalue weighted by molar-refractivity contribution is 7.90. The first kappa shape index (κ1) is 22.9. The first-order valence-corrected chi connectivity index (χ1v) is 10.7. The fourth-order valence-electron chi connectivity index (χ4n) is 2.46. The number of fused-ring (bicyclic) bond motifs is 1. The van der Waals surface area contributed by atoms with Crippen molar-refractivity contribution in [2.24, 2.45) is 5.73 Å². The maximum absolute atomic E-state index is 13.7. The molecule has 3 aromatic rings. The van der Waals surface area contributed by atoms with E-state index in [0.717, 1.165) is 27.9 Å². The average molecular weight is 393 g/mol. The molecule has 1 heterocycles. The number of rotatable bonds is 4. The molecule has 2 aromatic carbocycles. The van der Waals surface area contributed by atoms with Crippen LogP contribution in [0, 0.1) is 5.82 Å². The topological polar surface area (TPSA) is 65.1 Å². The highest BCUT2D eigenvalue weighted by Gasteiger charge is 2.19. The quantitative estimate of drug-likeness (QED) is 0.682. The monoisotopic (exact) mass is 392 g/mol. The van der Waals surface area contributed by atoms with E-state index in [1.54, 1.807) is 24.3 Å². The average Bonchev–Trinajstić information content (AvgIpc) is 3.14. The Morgan fingerprint density at radius 2 is 1.63 bits per heavy atom. The third-order valence-electron chi connectivity index (χ3n) is 3.79. The maximum atomic E-state index is 13.7. The molecule has 0 atom stereocenters. The third kappa shape index (κ3) is 5.40. The first-order chi connectivity index (χ1) is 13.0. The van der Waals surface area contributed by atoms with E-state index in [9.17, 15) is 12.8 Å². The van der Waals surface area contributed by atoms with Gasteiger partial charge in [0.15, 0.2) is 0 Å². The highest BCUT2D eigenvalue weighted by Crippen LogP contribution is 2.26. The van der Waals surface area contributed by atoms with E-state index in [-0.39, 0.29) is 4.90 Å². The van der Waals surface area contributed by atoms with Crippen LogP contribution in [0.4, 0.5) is 4.39 Å². The summed E-state index contributed by atoms with van der Waals surface area (Å²) in [5.41, 5.74) is 6.20. The summed E-state index contributed by atoms with van der Waals surface area (Å²) in [5, 5.41) is 0.762. The first-order valence-electron chi connectivity index (χ1n) is 9.25. The van der Waals surface area contributed by atoms with Gasteiger partial charge in [-0.2, -0.15) is 0 Å². The van der Waals surface area contributed by atoms with Crippen molar-refractivity contribution in [2.45, 2.75) is 45.4 Å². The zero-order chi connectivity index (χ0) is 20.4. The lowest BCUT2D eigenvalue weighted by atomic mass is 10.1. The highest BCUT2D eigenvalue weighted by atomic mass is 32.2. The molecule has 0 bridgehead atoms. The molecule has 148 valence electrons. The molecule has 6 heteroatoms. The van der Waals surface area contributed by atoms with Crippen molar-refractivity contribution in [3.63, 3.8) is 0 Å². The van der Waals surface area contributed by atoms with E-state index in [1.165, 1.54) is 30.5 Å². The molecule has 0 amide bonds. The maximum Gasteiger partial charge on any atom is 0.268 e. The standard InChI is InChI=1S/C16H14FNO2S.C3H9N.C2H6/c1-2-12-10-13(17)11-16-15(12)8-9-18(16)21(19,20)14-6-4-3-5-7-14;1-2-3-4;1-2/h3-11H,2H2,1H3;2-4H2,1H3;1-2H3. The van der Waals surface area contributed by atoms with Gasteiger partial charge in [-0.15, -0.1) is 0 Å². The number of hydrogen-bond acceptors (Lipinski definition) is 3. The summed E-state index contributed by atoms with van der Waals surface area (Å²) in [6.07, 6.45) is 3.22. The molecule has 0 aliphatic carbocycles. The lowest BCUT2D eigenvalue weighted by Gasteiger charge is -2.08. The van der Waals surface area contributed by atoms with Gasteiger partial charge in [-0.3, -0.25) is 0 Å². The predicted molar refractivity (Wildman–Crippen MR) is 111 cm³/mol. The normalized spacial score (nSPS) is 10.6. The molecule has 1 aromatic heterocycles. The van der Waals surface area contributed by atoms with Crippen molar-refractivity contribution >= 4 is 20.9 Å². The molecule has 0 saturated carbocycles. The van der Waals surface area contributed by atoms with E-state index >= 15 is 0 Å². The van der Waals surface area contributed by atoms with Crippen LogP contribution in [-0.4, -0.2) is 18.9 Å². The van der Waals surface area contributed by atoms with Crippen LogP contribution in [0.5, 0.6) is 0 Å². The largest absolute Gasteiger partial charge is 0.330 e. The van der Waals surface area contributed by atoms with Gasteiger partial charge in [0.25, 0.3) is 10.0 Å². The van der Waals surface area contributed by atoms with E-state index in [0.29, 0.717) is 11.9 Å². The van der Waals surface area contributed by atoms with Gasteiger partial charge in [-0.25, -0.2) is 16.8 Å². The Labute approximate surface area is 161 Å². The fourth-order valence-corrected chi connectivity index (χ4v) is 3.82. The van der Waals surface area contributed by atoms with Gasteiger partial charge in [-0.1, -0.05) is 45.9 Å². The molecule has 0 fully saturated rings. The smallest absolute Gasteiger partial charge is 0.268 e. The number of nitrogens with zero attached hydrogens (tertiary/aromatic N) is 1. The van der Waals surface area contributed by atoms with E-state index in [4.69, 9.17) is 5.73 Å². The van der Waals surface area contributed by atoms with Crippen molar-refractivity contribution in [3.8, 4) is 0 Å². The van der Waals surface area contributed by atoms with Crippen LogP contribution in [0.1, 0.15) is 39.7 Å². The molecule has 27 heavy (non-hydrogen) atoms. The molecule has 4 nitrogen and oxygen atoms in total. The lowest BCUT2D eigenvalue weighted by Crippen LogP contribution is -2.11. The van der Waals surface area contributed by atoms with E-state index < -0.39 is 15.8 Å². The predicted octanol–water partition coefficient (Wildman–Crippen LogP) is 4.96. The summed E-state index contributed by atoms with van der Waals surface area (Å²) in [7, 11) is -3.71. The Morgan fingerprint density at radius 3 is 2.15 bits per heavy atom. The Kier molecular flexibility index (Phi) is 9.18. The van der Waals surface area contributed by atoms with Gasteiger partial charge in [0.05, 0.1) is 10.4 Å². The minimum Gasteiger partial charge on any atom is -0.330 e. The Morgan fingerprint density at radius 1 is 1.04 bits per heavy atom. The van der Waals surface area contributed by atoms with Crippen LogP contribution in [-0.2, 0) is 16.4 Å². The molecule has 0 saturated heterocycles. The number of hydrogen-bond donors (Lipinski definition) is 1. The Hall–Kier alpha value is -2.18. The molecule has 0 aliphatic heterocycles. The zero-order valence-electron chi connectivity index (χ0n) is 16.4. The van der Waals surface area contributed by atoms with Crippen LogP contribution >= 0.6 is 0 Å². The summed E-state index contributed by atoms with van der Waals surface area (Å²) in [4.78, 5) is 0.185. The summed E-state index contributed by atoms with van der Waals surface area (Å²) in [6, 6.07) is 12.6. The van der Waals surface area contributed by atoms with Crippen molar-refractivity contribution in [2.75, 3.05) is 6.54 Å². The summed E-state index contributed by atoms with van der Waals surface area (Å²) in [5.74, 6) is -0.428. The van der Waals surface area contributed by atoms with Gasteiger partial charge in [0.2, 0.25) is 0 Å². The van der Waals surface area contributed by atoms with Crippen molar-refractivity contribution in [1.29, 1.82) is 0 Å². The summed E-state index contributed by atoms with van der Waals surface area (Å²) < 4.78 is 40.2. The Bertz CT molecular complexity index is 933. The molecule has 0 radical (unpaired) electrons. The van der Waals surface area contributed by atoms with Crippen LogP contribution in [0.3, 0.4) is 0 Å². The van der Waals surface area contributed by atoms with Gasteiger partial charge in [-0.05, 0) is 55.3 Å². The lowest BCUT2D eigenvalue weighted by molar-refractivity contribution is 0.589. The van der Waals surface area contributed by atoms with Crippen LogP contribution < -0.4 is 5.73 Å². The Balaban J connectivity index is 0.000000541. The fraction of sp³-hybridized carbons (Fsp3) is 0.333. The van der Waals surface area contributed by atoms with Crippen molar-refractivity contribution in [1.82, 2.24) is 3.97 Å². The van der Waals surface area contributed by atoms with Gasteiger partial charge < -0.3 is 5.73 Å². The summed E-state index contributed by atoms with van der Waals surface area (Å²) >= 11 is 0. The number of halogens is 1. The second-order valence-corrected chi connectivity index (χ2v) is 7.38. The minimum atomic E-state index is -3.71. The molecule has 3 rings (SSSR count). The zero-order valence-corrected chi connectivity index (χ0v) is 17.3. The van der Waals surface area contributed by atoms with Crippen molar-refractivity contribution in [3.05, 3.63) is 66.1 Å². The van der Waals surface area contributed by atoms with Crippen LogP contribution in [0.15, 0.2) is 59.6 Å². The van der Waals surface area contributed by atoms with Gasteiger partial charge in [0, 0.05) is 11.6 Å². The van der Waals surface area contributed by atoms with Crippen LogP contribution in [0.25, 0.3) is 10.9 Å². The second kappa shape index (κ2) is 10.8. The third-order valence-corrected chi connectivity index (χ3v) is 5.50. The molecular weight excluding hydrogens is 363 g/mol. The van der Waals surface area contributed by atoms with E-state index in [2.05, 4.69) is 6.92 Å². The number of aromatic nitrogens is 1. The SMILES string of the molecule is CC.CCCN.CCc1cc(F)cc2c1ccn2S(=O)(=O)c1ccccc1. The number of nitrogens with two attached hydrogens (primary N) is 1. The molecular formula is C21H29FN2O2S. The molecule has 0 aliphatic rings.